The Morgan fingerprint density at radius 1 is 1.32 bits per heavy atom. The number of carbonyl (C=O) groups excluding carboxylic acids is 1. The van der Waals surface area contributed by atoms with Crippen LogP contribution in [0, 0.1) is 0 Å². The van der Waals surface area contributed by atoms with Crippen LogP contribution in [0.3, 0.4) is 0 Å². The smallest absolute Gasteiger partial charge is 0.254 e. The zero-order valence-electron chi connectivity index (χ0n) is 13.0. The molecule has 2 aromatic rings. The monoisotopic (exact) mass is 320 g/mol. The second-order valence-corrected chi connectivity index (χ2v) is 5.63. The molecule has 0 N–H and O–H groups in total. The molecule has 2 rings (SSSR count). The molecule has 0 bridgehead atoms. The Bertz CT molecular complexity index is 625. The summed E-state index contributed by atoms with van der Waals surface area (Å²) in [6, 6.07) is 11.1. The van der Waals surface area contributed by atoms with E-state index in [-0.39, 0.29) is 5.91 Å². The molecule has 0 saturated heterocycles. The molecule has 0 saturated carbocycles. The van der Waals surface area contributed by atoms with Crippen molar-refractivity contribution in [2.24, 2.45) is 7.05 Å². The highest BCUT2D eigenvalue weighted by molar-refractivity contribution is 6.30. The molecule has 0 radical (unpaired) electrons. The molecular weight excluding hydrogens is 300 g/mol. The van der Waals surface area contributed by atoms with Crippen LogP contribution >= 0.6 is 11.6 Å². The third-order valence-corrected chi connectivity index (χ3v) is 3.77. The topological polar surface area (TPSA) is 34.5 Å². The van der Waals surface area contributed by atoms with Crippen molar-refractivity contribution < 1.29 is 9.53 Å². The Hall–Kier alpha value is -1.78. The molecule has 0 spiro atoms. The van der Waals surface area contributed by atoms with Crippen molar-refractivity contribution in [3.63, 3.8) is 0 Å². The number of ether oxygens (including phenoxy) is 1. The first-order valence-electron chi connectivity index (χ1n) is 7.26. The fraction of sp³-hybridized carbons (Fsp3) is 0.353. The van der Waals surface area contributed by atoms with Crippen molar-refractivity contribution in [3.05, 3.63) is 58.9 Å². The van der Waals surface area contributed by atoms with Gasteiger partial charge in [-0.15, -0.1) is 0 Å². The van der Waals surface area contributed by atoms with E-state index in [2.05, 4.69) is 0 Å². The molecule has 4 nitrogen and oxygen atoms in total. The summed E-state index contributed by atoms with van der Waals surface area (Å²) in [6.07, 6.45) is 2.78. The summed E-state index contributed by atoms with van der Waals surface area (Å²) >= 11 is 5.99. The van der Waals surface area contributed by atoms with Crippen molar-refractivity contribution in [3.8, 4) is 0 Å². The Kier molecular flexibility index (Phi) is 6.04. The van der Waals surface area contributed by atoms with Gasteiger partial charge in [-0.25, -0.2) is 0 Å². The first kappa shape index (κ1) is 16.6. The van der Waals surface area contributed by atoms with Gasteiger partial charge >= 0.3 is 0 Å². The number of carbonyl (C=O) groups is 1. The normalized spacial score (nSPS) is 10.7. The molecule has 0 aliphatic carbocycles. The van der Waals surface area contributed by atoms with Gasteiger partial charge in [0, 0.05) is 49.8 Å². The van der Waals surface area contributed by atoms with Gasteiger partial charge in [0.05, 0.1) is 6.54 Å². The van der Waals surface area contributed by atoms with E-state index < -0.39 is 0 Å². The van der Waals surface area contributed by atoms with E-state index in [9.17, 15) is 4.79 Å². The minimum absolute atomic E-state index is 0.0141. The summed E-state index contributed by atoms with van der Waals surface area (Å²) in [7, 11) is 3.65. The third-order valence-electron chi connectivity index (χ3n) is 3.54. The Balaban J connectivity index is 2.15. The summed E-state index contributed by atoms with van der Waals surface area (Å²) in [6.45, 7) is 1.84. The minimum Gasteiger partial charge on any atom is -0.385 e. The Morgan fingerprint density at radius 3 is 2.77 bits per heavy atom. The zero-order valence-corrected chi connectivity index (χ0v) is 13.7. The maximum absolute atomic E-state index is 12.7. The lowest BCUT2D eigenvalue weighted by Gasteiger charge is -2.23. The molecule has 0 unspecified atom stereocenters. The summed E-state index contributed by atoms with van der Waals surface area (Å²) in [5.74, 6) is -0.0141. The molecule has 1 aromatic heterocycles. The average molecular weight is 321 g/mol. The van der Waals surface area contributed by atoms with Gasteiger partial charge in [0.15, 0.2) is 0 Å². The minimum atomic E-state index is -0.0141. The van der Waals surface area contributed by atoms with Crippen LogP contribution in [-0.4, -0.2) is 35.6 Å². The first-order valence-corrected chi connectivity index (χ1v) is 7.63. The fourth-order valence-electron chi connectivity index (χ4n) is 2.31. The number of nitrogens with zero attached hydrogens (tertiary/aromatic N) is 2. The van der Waals surface area contributed by atoms with Gasteiger partial charge in [0.25, 0.3) is 5.91 Å². The average Bonchev–Trinajstić information content (AvgIpc) is 2.91. The molecular formula is C17H21ClN2O2. The molecule has 0 aliphatic rings. The third kappa shape index (κ3) is 4.36. The molecule has 0 atom stereocenters. The van der Waals surface area contributed by atoms with Crippen LogP contribution in [0.1, 0.15) is 22.5 Å². The molecule has 0 aliphatic heterocycles. The number of amides is 1. The SMILES string of the molecule is COCCCN(Cc1cccn1C)C(=O)c1cccc(Cl)c1. The van der Waals surface area contributed by atoms with Gasteiger partial charge in [-0.3, -0.25) is 4.79 Å². The van der Waals surface area contributed by atoms with E-state index >= 15 is 0 Å². The number of hydrogen-bond donors (Lipinski definition) is 0. The van der Waals surface area contributed by atoms with Gasteiger partial charge in [0.2, 0.25) is 0 Å². The van der Waals surface area contributed by atoms with E-state index in [1.807, 2.05) is 34.8 Å². The van der Waals surface area contributed by atoms with Crippen molar-refractivity contribution in [1.82, 2.24) is 9.47 Å². The van der Waals surface area contributed by atoms with Gasteiger partial charge in [-0.1, -0.05) is 17.7 Å². The highest BCUT2D eigenvalue weighted by Gasteiger charge is 2.17. The number of halogens is 1. The van der Waals surface area contributed by atoms with Crippen molar-refractivity contribution >= 4 is 17.5 Å². The number of benzene rings is 1. The predicted octanol–water partition coefficient (Wildman–Crippen LogP) is 3.36. The van der Waals surface area contributed by atoms with Crippen LogP contribution in [0.5, 0.6) is 0 Å². The standard InChI is InChI=1S/C17H21ClN2O2/c1-19-9-4-8-16(19)13-20(10-5-11-22-2)17(21)14-6-3-7-15(18)12-14/h3-4,6-9,12H,5,10-11,13H2,1-2H3. The fourth-order valence-corrected chi connectivity index (χ4v) is 2.50. The molecule has 1 amide bonds. The van der Waals surface area contributed by atoms with E-state index in [0.29, 0.717) is 30.3 Å². The first-order chi connectivity index (χ1) is 10.6. The van der Waals surface area contributed by atoms with Crippen molar-refractivity contribution in [2.75, 3.05) is 20.3 Å². The van der Waals surface area contributed by atoms with Crippen LogP contribution in [0.2, 0.25) is 5.02 Å². The number of rotatable bonds is 7. The second kappa shape index (κ2) is 8.01. The lowest BCUT2D eigenvalue weighted by atomic mass is 10.2. The van der Waals surface area contributed by atoms with Gasteiger partial charge in [-0.05, 0) is 36.8 Å². The number of aromatic nitrogens is 1. The number of methoxy groups -OCH3 is 1. The highest BCUT2D eigenvalue weighted by atomic mass is 35.5. The predicted molar refractivity (Wildman–Crippen MR) is 88.1 cm³/mol. The Morgan fingerprint density at radius 2 is 2.14 bits per heavy atom. The quantitative estimate of drug-likeness (QED) is 0.733. The maximum atomic E-state index is 12.7. The van der Waals surface area contributed by atoms with Crippen LogP contribution in [0.4, 0.5) is 0 Å². The number of aryl methyl sites for hydroxylation is 1. The van der Waals surface area contributed by atoms with Crippen LogP contribution in [0.25, 0.3) is 0 Å². The molecule has 22 heavy (non-hydrogen) atoms. The summed E-state index contributed by atoms with van der Waals surface area (Å²) in [4.78, 5) is 14.6. The largest absolute Gasteiger partial charge is 0.385 e. The lowest BCUT2D eigenvalue weighted by Crippen LogP contribution is -2.32. The van der Waals surface area contributed by atoms with Crippen molar-refractivity contribution in [2.45, 2.75) is 13.0 Å². The van der Waals surface area contributed by atoms with Gasteiger partial charge in [-0.2, -0.15) is 0 Å². The van der Waals surface area contributed by atoms with E-state index in [4.69, 9.17) is 16.3 Å². The van der Waals surface area contributed by atoms with E-state index in [0.717, 1.165) is 12.1 Å². The second-order valence-electron chi connectivity index (χ2n) is 5.19. The number of hydrogen-bond acceptors (Lipinski definition) is 2. The Labute approximate surface area is 136 Å². The van der Waals surface area contributed by atoms with Crippen molar-refractivity contribution in [1.29, 1.82) is 0 Å². The molecule has 5 heteroatoms. The summed E-state index contributed by atoms with van der Waals surface area (Å²) in [5, 5.41) is 0.571. The maximum Gasteiger partial charge on any atom is 0.254 e. The van der Waals surface area contributed by atoms with Crippen LogP contribution < -0.4 is 0 Å². The van der Waals surface area contributed by atoms with Crippen LogP contribution in [0.15, 0.2) is 42.6 Å². The molecule has 0 fully saturated rings. The zero-order chi connectivity index (χ0) is 15.9. The van der Waals surface area contributed by atoms with E-state index in [1.54, 1.807) is 31.4 Å². The highest BCUT2D eigenvalue weighted by Crippen LogP contribution is 2.15. The summed E-state index contributed by atoms with van der Waals surface area (Å²) in [5.41, 5.74) is 1.70. The molecule has 1 aromatic carbocycles. The van der Waals surface area contributed by atoms with Crippen LogP contribution in [-0.2, 0) is 18.3 Å². The van der Waals surface area contributed by atoms with Gasteiger partial charge in [0.1, 0.15) is 0 Å². The molecule has 118 valence electrons. The summed E-state index contributed by atoms with van der Waals surface area (Å²) < 4.78 is 7.11. The van der Waals surface area contributed by atoms with E-state index in [1.165, 1.54) is 0 Å². The molecule has 1 heterocycles. The van der Waals surface area contributed by atoms with Gasteiger partial charge < -0.3 is 14.2 Å². The lowest BCUT2D eigenvalue weighted by molar-refractivity contribution is 0.0720.